The third kappa shape index (κ3) is 2.46. The van der Waals surface area contributed by atoms with Gasteiger partial charge in [0.1, 0.15) is 5.82 Å². The van der Waals surface area contributed by atoms with Gasteiger partial charge >= 0.3 is 0 Å². The smallest absolute Gasteiger partial charge is 0.257 e. The molecule has 1 aromatic rings. The molecular weight excluding hydrogens is 253 g/mol. The summed E-state index contributed by atoms with van der Waals surface area (Å²) in [6, 6.07) is 5.25. The van der Waals surface area contributed by atoms with Crippen molar-refractivity contribution in [1.29, 1.82) is 0 Å². The van der Waals surface area contributed by atoms with Crippen LogP contribution in [0.1, 0.15) is 54.4 Å². The fourth-order valence-corrected chi connectivity index (χ4v) is 3.83. The predicted octanol–water partition coefficient (Wildman–Crippen LogP) is 3.93. The number of nitrogens with zero attached hydrogens (tertiary/aromatic N) is 1. The van der Waals surface area contributed by atoms with Gasteiger partial charge in [-0.2, -0.15) is 0 Å². The Morgan fingerprint density at radius 2 is 1.95 bits per heavy atom. The zero-order valence-corrected chi connectivity index (χ0v) is 12.1. The van der Waals surface area contributed by atoms with Crippen molar-refractivity contribution in [3.8, 4) is 0 Å². The lowest BCUT2D eigenvalue weighted by molar-refractivity contribution is 0.0386. The number of hydrogen-bond acceptors (Lipinski definition) is 1. The van der Waals surface area contributed by atoms with Crippen molar-refractivity contribution in [2.24, 2.45) is 5.92 Å². The number of benzene rings is 1. The van der Waals surface area contributed by atoms with Crippen molar-refractivity contribution in [2.45, 2.75) is 51.5 Å². The summed E-state index contributed by atoms with van der Waals surface area (Å²) >= 11 is 0. The number of amides is 1. The van der Waals surface area contributed by atoms with E-state index < -0.39 is 0 Å². The van der Waals surface area contributed by atoms with E-state index >= 15 is 0 Å². The SMILES string of the molecule is Cc1ccc(C(=O)N2CCCC3CCCCC32)c(F)c1. The van der Waals surface area contributed by atoms with Gasteiger partial charge in [-0.3, -0.25) is 4.79 Å². The van der Waals surface area contributed by atoms with Crippen LogP contribution in [0.25, 0.3) is 0 Å². The number of piperidine rings is 1. The molecule has 1 saturated heterocycles. The van der Waals surface area contributed by atoms with Crippen molar-refractivity contribution in [3.05, 3.63) is 35.1 Å². The minimum atomic E-state index is -0.382. The second kappa shape index (κ2) is 5.55. The monoisotopic (exact) mass is 275 g/mol. The van der Waals surface area contributed by atoms with E-state index in [9.17, 15) is 9.18 Å². The van der Waals surface area contributed by atoms with Crippen LogP contribution in [0.3, 0.4) is 0 Å². The van der Waals surface area contributed by atoms with Crippen LogP contribution >= 0.6 is 0 Å². The van der Waals surface area contributed by atoms with Crippen molar-refractivity contribution in [1.82, 2.24) is 4.90 Å². The standard InChI is InChI=1S/C17H22FNO/c1-12-8-9-14(15(18)11-12)17(20)19-10-4-6-13-5-2-3-7-16(13)19/h8-9,11,13,16H,2-7,10H2,1H3. The molecule has 1 heterocycles. The van der Waals surface area contributed by atoms with Gasteiger partial charge in [0.05, 0.1) is 5.56 Å². The van der Waals surface area contributed by atoms with E-state index in [0.29, 0.717) is 12.0 Å². The van der Waals surface area contributed by atoms with E-state index in [1.54, 1.807) is 6.07 Å². The molecule has 2 nitrogen and oxygen atoms in total. The highest BCUT2D eigenvalue weighted by Crippen LogP contribution is 2.36. The highest BCUT2D eigenvalue weighted by Gasteiger charge is 2.36. The van der Waals surface area contributed by atoms with Crippen molar-refractivity contribution in [2.75, 3.05) is 6.54 Å². The molecule has 1 aromatic carbocycles. The predicted molar refractivity (Wildman–Crippen MR) is 77.2 cm³/mol. The Labute approximate surface area is 120 Å². The van der Waals surface area contributed by atoms with Crippen LogP contribution in [0, 0.1) is 18.7 Å². The average Bonchev–Trinajstić information content (AvgIpc) is 2.46. The zero-order chi connectivity index (χ0) is 14.1. The van der Waals surface area contributed by atoms with Gasteiger partial charge in [-0.25, -0.2) is 4.39 Å². The van der Waals surface area contributed by atoms with Gasteiger partial charge < -0.3 is 4.90 Å². The van der Waals surface area contributed by atoms with Crippen LogP contribution in [-0.2, 0) is 0 Å². The molecule has 2 atom stereocenters. The molecule has 0 radical (unpaired) electrons. The average molecular weight is 275 g/mol. The first kappa shape index (κ1) is 13.6. The highest BCUT2D eigenvalue weighted by molar-refractivity contribution is 5.94. The van der Waals surface area contributed by atoms with Gasteiger partial charge in [0.25, 0.3) is 5.91 Å². The van der Waals surface area contributed by atoms with Gasteiger partial charge in [0.2, 0.25) is 0 Å². The Morgan fingerprint density at radius 1 is 1.20 bits per heavy atom. The normalized spacial score (nSPS) is 26.2. The Hall–Kier alpha value is -1.38. The highest BCUT2D eigenvalue weighted by atomic mass is 19.1. The second-order valence-corrected chi connectivity index (χ2v) is 6.24. The summed E-state index contributed by atoms with van der Waals surface area (Å²) in [6.07, 6.45) is 7.07. The molecule has 3 heteroatoms. The summed E-state index contributed by atoms with van der Waals surface area (Å²) in [7, 11) is 0. The summed E-state index contributed by atoms with van der Waals surface area (Å²) in [4.78, 5) is 14.6. The van der Waals surface area contributed by atoms with E-state index in [4.69, 9.17) is 0 Å². The third-order valence-corrected chi connectivity index (χ3v) is 4.86. The molecule has 0 spiro atoms. The molecular formula is C17H22FNO. The van der Waals surface area contributed by atoms with E-state index in [0.717, 1.165) is 24.9 Å². The molecule has 0 N–H and O–H groups in total. The first-order chi connectivity index (χ1) is 9.66. The van der Waals surface area contributed by atoms with Crippen LogP contribution in [0.2, 0.25) is 0 Å². The maximum atomic E-state index is 14.0. The largest absolute Gasteiger partial charge is 0.335 e. The van der Waals surface area contributed by atoms with E-state index in [1.807, 2.05) is 17.9 Å². The molecule has 108 valence electrons. The molecule has 1 aliphatic heterocycles. The van der Waals surface area contributed by atoms with Gasteiger partial charge in [0.15, 0.2) is 0 Å². The summed E-state index contributed by atoms with van der Waals surface area (Å²) < 4.78 is 14.0. The number of carbonyl (C=O) groups excluding carboxylic acids is 1. The Balaban J connectivity index is 1.85. The lowest BCUT2D eigenvalue weighted by Gasteiger charge is -2.44. The fraction of sp³-hybridized carbons (Fsp3) is 0.588. The van der Waals surface area contributed by atoms with Gasteiger partial charge in [-0.15, -0.1) is 0 Å². The number of halogens is 1. The molecule has 1 aliphatic carbocycles. The van der Waals surface area contributed by atoms with Crippen LogP contribution in [-0.4, -0.2) is 23.4 Å². The van der Waals surface area contributed by atoms with Gasteiger partial charge in [-0.05, 0) is 56.2 Å². The van der Waals surface area contributed by atoms with Crippen LogP contribution in [0.5, 0.6) is 0 Å². The lowest BCUT2D eigenvalue weighted by atomic mass is 9.78. The topological polar surface area (TPSA) is 20.3 Å². The quantitative estimate of drug-likeness (QED) is 0.760. The molecule has 2 aliphatic rings. The maximum absolute atomic E-state index is 14.0. The molecule has 3 rings (SSSR count). The number of hydrogen-bond donors (Lipinski definition) is 0. The van der Waals surface area contributed by atoms with Gasteiger partial charge in [-0.1, -0.05) is 18.9 Å². The zero-order valence-electron chi connectivity index (χ0n) is 12.1. The second-order valence-electron chi connectivity index (χ2n) is 6.24. The van der Waals surface area contributed by atoms with E-state index in [2.05, 4.69) is 0 Å². The van der Waals surface area contributed by atoms with Gasteiger partial charge in [0, 0.05) is 12.6 Å². The number of rotatable bonds is 1. The summed E-state index contributed by atoms with van der Waals surface area (Å²) in [5, 5.41) is 0. The van der Waals surface area contributed by atoms with Crippen LogP contribution in [0.15, 0.2) is 18.2 Å². The Morgan fingerprint density at radius 3 is 2.75 bits per heavy atom. The van der Waals surface area contributed by atoms with Crippen molar-refractivity contribution < 1.29 is 9.18 Å². The minimum Gasteiger partial charge on any atom is -0.335 e. The number of likely N-dealkylation sites (tertiary alicyclic amines) is 1. The Kier molecular flexibility index (Phi) is 3.77. The molecule has 1 amide bonds. The minimum absolute atomic E-state index is 0.112. The van der Waals surface area contributed by atoms with Crippen LogP contribution in [0.4, 0.5) is 4.39 Å². The molecule has 2 unspecified atom stereocenters. The fourth-order valence-electron chi connectivity index (χ4n) is 3.83. The molecule has 0 bridgehead atoms. The third-order valence-electron chi connectivity index (χ3n) is 4.86. The van der Waals surface area contributed by atoms with E-state index in [-0.39, 0.29) is 17.3 Å². The molecule has 20 heavy (non-hydrogen) atoms. The lowest BCUT2D eigenvalue weighted by Crippen LogP contribution is -2.49. The van der Waals surface area contributed by atoms with Crippen molar-refractivity contribution in [3.63, 3.8) is 0 Å². The van der Waals surface area contributed by atoms with E-state index in [1.165, 1.54) is 31.7 Å². The number of carbonyl (C=O) groups is 1. The summed E-state index contributed by atoms with van der Waals surface area (Å²) in [5.41, 5.74) is 1.09. The first-order valence-electron chi connectivity index (χ1n) is 7.74. The summed E-state index contributed by atoms with van der Waals surface area (Å²) in [5.74, 6) is 0.141. The maximum Gasteiger partial charge on any atom is 0.257 e. The number of fused-ring (bicyclic) bond motifs is 1. The molecule has 0 aromatic heterocycles. The van der Waals surface area contributed by atoms with Crippen molar-refractivity contribution >= 4 is 5.91 Å². The number of aryl methyl sites for hydroxylation is 1. The first-order valence-corrected chi connectivity index (χ1v) is 7.74. The Bertz CT molecular complexity index is 512. The summed E-state index contributed by atoms with van der Waals surface area (Å²) in [6.45, 7) is 2.63. The van der Waals surface area contributed by atoms with Crippen LogP contribution < -0.4 is 0 Å². The molecule has 2 fully saturated rings. The molecule has 1 saturated carbocycles.